The summed E-state index contributed by atoms with van der Waals surface area (Å²) in [6.45, 7) is 3.95. The highest BCUT2D eigenvalue weighted by Crippen LogP contribution is 2.33. The number of hydrogen-bond acceptors (Lipinski definition) is 6. The van der Waals surface area contributed by atoms with Crippen molar-refractivity contribution in [1.82, 2.24) is 15.1 Å². The third kappa shape index (κ3) is 3.90. The van der Waals surface area contributed by atoms with Crippen LogP contribution in [0.2, 0.25) is 0 Å². The molecule has 2 heterocycles. The van der Waals surface area contributed by atoms with Crippen molar-refractivity contribution in [2.24, 2.45) is 0 Å². The highest BCUT2D eigenvalue weighted by molar-refractivity contribution is 6.12. The van der Waals surface area contributed by atoms with E-state index < -0.39 is 29.1 Å². The summed E-state index contributed by atoms with van der Waals surface area (Å²) in [5, 5.41) is 6.91. The summed E-state index contributed by atoms with van der Waals surface area (Å²) in [7, 11) is 1.51. The van der Waals surface area contributed by atoms with Crippen molar-refractivity contribution < 1.29 is 28.2 Å². The van der Waals surface area contributed by atoms with E-state index in [1.54, 1.807) is 13.8 Å². The summed E-state index contributed by atoms with van der Waals surface area (Å²) in [4.78, 5) is 39.8. The van der Waals surface area contributed by atoms with Gasteiger partial charge in [-0.05, 0) is 38.1 Å². The molecular weight excluding hydrogens is 395 g/mol. The largest absolute Gasteiger partial charge is 0.461 e. The number of nitrogens with zero attached hydrogens (tertiary/aromatic N) is 3. The van der Waals surface area contributed by atoms with E-state index in [1.807, 2.05) is 0 Å². The van der Waals surface area contributed by atoms with Crippen LogP contribution < -0.4 is 10.2 Å². The molecule has 1 aromatic heterocycles. The zero-order chi connectivity index (χ0) is 21.9. The fourth-order valence-electron chi connectivity index (χ4n) is 3.34. The number of aromatic nitrogens is 2. The number of ether oxygens (including phenoxy) is 2. The van der Waals surface area contributed by atoms with Crippen LogP contribution in [0.5, 0.6) is 0 Å². The van der Waals surface area contributed by atoms with Crippen LogP contribution in [-0.2, 0) is 20.8 Å². The van der Waals surface area contributed by atoms with Gasteiger partial charge in [0.2, 0.25) is 5.91 Å². The summed E-state index contributed by atoms with van der Waals surface area (Å²) in [6, 6.07) is 6.60. The molecule has 1 aliphatic heterocycles. The lowest BCUT2D eigenvalue weighted by Crippen LogP contribution is -2.64. The van der Waals surface area contributed by atoms with Gasteiger partial charge in [0.1, 0.15) is 17.1 Å². The van der Waals surface area contributed by atoms with Crippen LogP contribution in [0, 0.1) is 5.82 Å². The molecule has 1 N–H and O–H groups in total. The Bertz CT molecular complexity index is 959. The number of rotatable bonds is 7. The van der Waals surface area contributed by atoms with Crippen LogP contribution >= 0.6 is 0 Å². The minimum atomic E-state index is -1.38. The fourth-order valence-corrected chi connectivity index (χ4v) is 3.34. The summed E-state index contributed by atoms with van der Waals surface area (Å²) in [6.07, 6.45) is 0. The first-order valence-corrected chi connectivity index (χ1v) is 9.44. The Balaban J connectivity index is 2.05. The quantitative estimate of drug-likeness (QED) is 0.538. The maximum absolute atomic E-state index is 13.4. The van der Waals surface area contributed by atoms with Crippen LogP contribution in [0.1, 0.15) is 34.8 Å². The molecule has 0 saturated heterocycles. The molecule has 0 bridgehead atoms. The smallest absolute Gasteiger partial charge is 0.358 e. The molecule has 160 valence electrons. The zero-order valence-corrected chi connectivity index (χ0v) is 17.0. The van der Waals surface area contributed by atoms with Gasteiger partial charge in [-0.15, -0.1) is 0 Å². The average Bonchev–Trinajstić information content (AvgIpc) is 3.14. The molecular formula is C20H23FN4O5. The van der Waals surface area contributed by atoms with Crippen molar-refractivity contribution >= 4 is 23.5 Å². The van der Waals surface area contributed by atoms with Crippen molar-refractivity contribution in [1.29, 1.82) is 0 Å². The summed E-state index contributed by atoms with van der Waals surface area (Å²) in [5.74, 6) is -2.10. The monoisotopic (exact) mass is 418 g/mol. The van der Waals surface area contributed by atoms with Crippen LogP contribution in [0.3, 0.4) is 0 Å². The Morgan fingerprint density at radius 1 is 1.30 bits per heavy atom. The van der Waals surface area contributed by atoms with E-state index in [1.165, 1.54) is 47.0 Å². The van der Waals surface area contributed by atoms with Crippen LogP contribution in [0.4, 0.5) is 10.1 Å². The third-order valence-corrected chi connectivity index (χ3v) is 4.80. The van der Waals surface area contributed by atoms with Crippen LogP contribution in [0.15, 0.2) is 30.3 Å². The highest BCUT2D eigenvalue weighted by Gasteiger charge is 2.49. The lowest BCUT2D eigenvalue weighted by molar-refractivity contribution is -0.126. The number of anilines is 1. The van der Waals surface area contributed by atoms with Gasteiger partial charge < -0.3 is 14.8 Å². The number of esters is 1. The van der Waals surface area contributed by atoms with E-state index in [2.05, 4.69) is 10.4 Å². The number of carbonyl (C=O) groups is 3. The number of methoxy groups -OCH3 is 1. The van der Waals surface area contributed by atoms with Crippen LogP contribution in [-0.4, -0.2) is 60.0 Å². The molecule has 2 amide bonds. The molecule has 9 nitrogen and oxygen atoms in total. The summed E-state index contributed by atoms with van der Waals surface area (Å²) in [5.41, 5.74) is -0.933. The van der Waals surface area contributed by atoms with E-state index in [0.29, 0.717) is 12.3 Å². The first kappa shape index (κ1) is 21.4. The second-order valence-corrected chi connectivity index (χ2v) is 6.93. The molecule has 0 aliphatic carbocycles. The molecule has 10 heteroatoms. The van der Waals surface area contributed by atoms with Gasteiger partial charge in [-0.1, -0.05) is 0 Å². The lowest BCUT2D eigenvalue weighted by atomic mass is 9.94. The van der Waals surface area contributed by atoms with Crippen molar-refractivity contribution in [2.75, 3.05) is 31.8 Å². The van der Waals surface area contributed by atoms with Gasteiger partial charge >= 0.3 is 5.97 Å². The van der Waals surface area contributed by atoms with Gasteiger partial charge in [0.15, 0.2) is 5.69 Å². The maximum atomic E-state index is 13.4. The minimum absolute atomic E-state index is 0.0102. The number of carbonyl (C=O) groups excluding carboxylic acids is 3. The maximum Gasteiger partial charge on any atom is 0.358 e. The highest BCUT2D eigenvalue weighted by atomic mass is 19.1. The predicted molar refractivity (Wildman–Crippen MR) is 105 cm³/mol. The molecule has 30 heavy (non-hydrogen) atoms. The van der Waals surface area contributed by atoms with E-state index in [-0.39, 0.29) is 31.1 Å². The number of benzene rings is 1. The molecule has 0 saturated carbocycles. The molecule has 3 rings (SSSR count). The Kier molecular flexibility index (Phi) is 6.16. The normalized spacial score (nSPS) is 18.1. The van der Waals surface area contributed by atoms with Gasteiger partial charge in [-0.3, -0.25) is 19.2 Å². The number of halogens is 1. The van der Waals surface area contributed by atoms with Crippen molar-refractivity contribution in [3.05, 3.63) is 47.5 Å². The van der Waals surface area contributed by atoms with Crippen molar-refractivity contribution in [3.8, 4) is 0 Å². The van der Waals surface area contributed by atoms with Crippen molar-refractivity contribution in [2.45, 2.75) is 25.9 Å². The standard InChI is InChI=1S/C20H23FN4O5/c1-4-30-18(27)15-11-16-17(26)25(14-7-5-13(21)6-8-14)20(2,12-24(16)23-15)19(28)22-9-10-29-3/h5-8,11H,4,9-10,12H2,1-3H3,(H,22,28)/t20-/m0/s1. The van der Waals surface area contributed by atoms with Gasteiger partial charge in [0.05, 0.1) is 19.8 Å². The molecule has 0 unspecified atom stereocenters. The minimum Gasteiger partial charge on any atom is -0.461 e. The predicted octanol–water partition coefficient (Wildman–Crippen LogP) is 1.38. The molecule has 0 radical (unpaired) electrons. The Hall–Kier alpha value is -3.27. The average molecular weight is 418 g/mol. The number of nitrogens with one attached hydrogen (secondary N) is 1. The first-order chi connectivity index (χ1) is 14.3. The second-order valence-electron chi connectivity index (χ2n) is 6.93. The van der Waals surface area contributed by atoms with E-state index in [0.717, 1.165) is 0 Å². The number of fused-ring (bicyclic) bond motifs is 1. The van der Waals surface area contributed by atoms with E-state index in [4.69, 9.17) is 9.47 Å². The van der Waals surface area contributed by atoms with Crippen LogP contribution in [0.25, 0.3) is 0 Å². The second kappa shape index (κ2) is 8.62. The Morgan fingerprint density at radius 2 is 2.00 bits per heavy atom. The molecule has 1 aliphatic rings. The molecule has 0 spiro atoms. The summed E-state index contributed by atoms with van der Waals surface area (Å²) < 4.78 is 24.7. The number of hydrogen-bond donors (Lipinski definition) is 1. The fraction of sp³-hybridized carbons (Fsp3) is 0.400. The molecule has 2 aromatic rings. The SMILES string of the molecule is CCOC(=O)c1cc2n(n1)C[C@@](C)(C(=O)NCCOC)N(c1ccc(F)cc1)C2=O. The van der Waals surface area contributed by atoms with E-state index >= 15 is 0 Å². The van der Waals surface area contributed by atoms with Gasteiger partial charge in [0, 0.05) is 25.4 Å². The van der Waals surface area contributed by atoms with Crippen molar-refractivity contribution in [3.63, 3.8) is 0 Å². The first-order valence-electron chi connectivity index (χ1n) is 9.44. The zero-order valence-electron chi connectivity index (χ0n) is 17.0. The van der Waals surface area contributed by atoms with Gasteiger partial charge in [-0.25, -0.2) is 9.18 Å². The molecule has 0 fully saturated rings. The topological polar surface area (TPSA) is 103 Å². The summed E-state index contributed by atoms with van der Waals surface area (Å²) >= 11 is 0. The molecule has 1 aromatic carbocycles. The van der Waals surface area contributed by atoms with E-state index in [9.17, 15) is 18.8 Å². The lowest BCUT2D eigenvalue weighted by Gasteiger charge is -2.43. The molecule has 1 atom stereocenters. The number of amides is 2. The van der Waals surface area contributed by atoms with Gasteiger partial charge in [-0.2, -0.15) is 5.10 Å². The Morgan fingerprint density at radius 3 is 2.63 bits per heavy atom. The third-order valence-electron chi connectivity index (χ3n) is 4.80. The Labute approximate surface area is 172 Å². The van der Waals surface area contributed by atoms with Gasteiger partial charge in [0.25, 0.3) is 5.91 Å².